The third kappa shape index (κ3) is 4.32. The fraction of sp³-hybridized carbons (Fsp3) is 0. The van der Waals surface area contributed by atoms with Gasteiger partial charge in [0, 0.05) is 35.2 Å². The zero-order valence-electron chi connectivity index (χ0n) is 10.0. The Morgan fingerprint density at radius 2 is 1.74 bits per heavy atom. The van der Waals surface area contributed by atoms with Crippen molar-refractivity contribution < 1.29 is 8.42 Å². The van der Waals surface area contributed by atoms with Crippen LogP contribution in [0.15, 0.2) is 41.6 Å². The number of anilines is 2. The van der Waals surface area contributed by atoms with Crippen LogP contribution in [0.25, 0.3) is 0 Å². The topological polar surface area (TPSA) is 98.0 Å². The van der Waals surface area contributed by atoms with Crippen LogP contribution in [-0.2, 0) is 10.0 Å². The number of benzene rings is 1. The van der Waals surface area contributed by atoms with Crippen LogP contribution in [0.4, 0.5) is 11.5 Å². The SMILES string of the molecule is Nc1ccc(S(=O)(=O)Nc2cnc(Cl)cn2)cc1.[Na]. The number of nitrogens with one attached hydrogen (secondary N) is 1. The summed E-state index contributed by atoms with van der Waals surface area (Å²) in [5.74, 6) is 0.0937. The van der Waals surface area contributed by atoms with E-state index in [0.717, 1.165) is 0 Å². The first-order valence-corrected chi connectivity index (χ1v) is 6.69. The van der Waals surface area contributed by atoms with Crippen LogP contribution in [0.1, 0.15) is 0 Å². The molecule has 0 saturated heterocycles. The van der Waals surface area contributed by atoms with Crippen molar-refractivity contribution in [2.45, 2.75) is 4.90 Å². The number of nitrogen functional groups attached to an aromatic ring is 1. The Bertz CT molecular complexity index is 646. The molecular formula is C10H9ClN4NaO2S. The predicted molar refractivity (Wildman–Crippen MR) is 74.5 cm³/mol. The average Bonchev–Trinajstić information content (AvgIpc) is 2.32. The van der Waals surface area contributed by atoms with Crippen molar-refractivity contribution >= 4 is 62.7 Å². The van der Waals surface area contributed by atoms with Crippen LogP contribution in [0, 0.1) is 0 Å². The summed E-state index contributed by atoms with van der Waals surface area (Å²) in [6.45, 7) is 0. The maximum absolute atomic E-state index is 11.9. The molecule has 2 aromatic rings. The maximum Gasteiger partial charge on any atom is 0.263 e. The molecule has 0 unspecified atom stereocenters. The molecule has 0 bridgehead atoms. The van der Waals surface area contributed by atoms with Crippen molar-refractivity contribution in [3.05, 3.63) is 41.8 Å². The van der Waals surface area contributed by atoms with Crippen molar-refractivity contribution in [3.8, 4) is 0 Å². The van der Waals surface area contributed by atoms with Gasteiger partial charge in [0.2, 0.25) is 0 Å². The fourth-order valence-electron chi connectivity index (χ4n) is 1.21. The molecule has 0 atom stereocenters. The van der Waals surface area contributed by atoms with E-state index >= 15 is 0 Å². The molecule has 0 amide bonds. The fourth-order valence-corrected chi connectivity index (χ4v) is 2.30. The number of halogens is 1. The standard InChI is InChI=1S/C10H9ClN4O2S.Na/c11-9-5-14-10(6-13-9)15-18(16,17)8-3-1-7(12)2-4-8;/h1-6H,12H2,(H,14,15);. The first kappa shape index (κ1) is 16.2. The van der Waals surface area contributed by atoms with E-state index < -0.39 is 10.0 Å². The van der Waals surface area contributed by atoms with Gasteiger partial charge in [0.15, 0.2) is 5.82 Å². The minimum atomic E-state index is -3.69. The monoisotopic (exact) mass is 307 g/mol. The smallest absolute Gasteiger partial charge is 0.263 e. The third-order valence-electron chi connectivity index (χ3n) is 2.05. The van der Waals surface area contributed by atoms with Gasteiger partial charge in [-0.05, 0) is 24.3 Å². The molecule has 1 aromatic heterocycles. The van der Waals surface area contributed by atoms with Gasteiger partial charge < -0.3 is 5.73 Å². The number of sulfonamides is 1. The quantitative estimate of drug-likeness (QED) is 0.654. The second kappa shape index (κ2) is 6.53. The molecule has 1 heterocycles. The van der Waals surface area contributed by atoms with Crippen LogP contribution in [0.3, 0.4) is 0 Å². The van der Waals surface area contributed by atoms with E-state index in [9.17, 15) is 8.42 Å². The summed E-state index contributed by atoms with van der Waals surface area (Å²) in [6.07, 6.45) is 2.49. The molecule has 2 rings (SSSR count). The average molecular weight is 308 g/mol. The molecule has 0 aliphatic heterocycles. The largest absolute Gasteiger partial charge is 0.399 e. The van der Waals surface area contributed by atoms with E-state index in [0.29, 0.717) is 5.69 Å². The second-order valence-corrected chi connectivity index (χ2v) is 5.47. The van der Waals surface area contributed by atoms with Gasteiger partial charge in [0.1, 0.15) is 5.15 Å². The van der Waals surface area contributed by atoms with E-state index in [4.69, 9.17) is 17.3 Å². The molecule has 6 nitrogen and oxygen atoms in total. The summed E-state index contributed by atoms with van der Waals surface area (Å²) in [6, 6.07) is 5.81. The zero-order valence-corrected chi connectivity index (χ0v) is 13.6. The van der Waals surface area contributed by atoms with Gasteiger partial charge in [0.25, 0.3) is 10.0 Å². The van der Waals surface area contributed by atoms with Gasteiger partial charge in [-0.3, -0.25) is 4.72 Å². The van der Waals surface area contributed by atoms with Crippen LogP contribution in [0.5, 0.6) is 0 Å². The molecule has 0 spiro atoms. The Labute approximate surface area is 137 Å². The summed E-state index contributed by atoms with van der Waals surface area (Å²) >= 11 is 5.55. The molecule has 0 fully saturated rings. The van der Waals surface area contributed by atoms with Gasteiger partial charge in [0.05, 0.1) is 17.3 Å². The van der Waals surface area contributed by atoms with E-state index in [1.807, 2.05) is 0 Å². The summed E-state index contributed by atoms with van der Waals surface area (Å²) in [4.78, 5) is 7.62. The normalized spacial score (nSPS) is 10.6. The van der Waals surface area contributed by atoms with Crippen molar-refractivity contribution in [1.29, 1.82) is 0 Å². The maximum atomic E-state index is 11.9. The van der Waals surface area contributed by atoms with Gasteiger partial charge in [-0.2, -0.15) is 0 Å². The number of rotatable bonds is 3. The number of aromatic nitrogens is 2. The van der Waals surface area contributed by atoms with Crippen LogP contribution >= 0.6 is 11.6 Å². The third-order valence-corrected chi connectivity index (χ3v) is 3.62. The van der Waals surface area contributed by atoms with Crippen molar-refractivity contribution in [3.63, 3.8) is 0 Å². The molecule has 1 radical (unpaired) electrons. The van der Waals surface area contributed by atoms with Gasteiger partial charge in [-0.1, -0.05) is 11.6 Å². The van der Waals surface area contributed by atoms with E-state index in [2.05, 4.69) is 14.7 Å². The Balaban J connectivity index is 0.00000180. The molecule has 1 aromatic carbocycles. The molecule has 3 N–H and O–H groups in total. The van der Waals surface area contributed by atoms with Crippen LogP contribution in [0.2, 0.25) is 5.15 Å². The van der Waals surface area contributed by atoms with Crippen molar-refractivity contribution in [2.75, 3.05) is 10.5 Å². The van der Waals surface area contributed by atoms with Gasteiger partial charge >= 0.3 is 0 Å². The molecule has 0 saturated carbocycles. The van der Waals surface area contributed by atoms with Crippen LogP contribution < -0.4 is 10.5 Å². The number of hydrogen-bond donors (Lipinski definition) is 2. The minimum absolute atomic E-state index is 0. The second-order valence-electron chi connectivity index (χ2n) is 3.40. The zero-order chi connectivity index (χ0) is 13.2. The summed E-state index contributed by atoms with van der Waals surface area (Å²) in [5.41, 5.74) is 5.97. The summed E-state index contributed by atoms with van der Waals surface area (Å²) in [5, 5.41) is 0.186. The minimum Gasteiger partial charge on any atom is -0.399 e. The van der Waals surface area contributed by atoms with E-state index in [-0.39, 0.29) is 45.4 Å². The first-order valence-electron chi connectivity index (χ1n) is 4.83. The Morgan fingerprint density at radius 3 is 2.26 bits per heavy atom. The summed E-state index contributed by atoms with van der Waals surface area (Å²) < 4.78 is 26.2. The van der Waals surface area contributed by atoms with E-state index in [1.54, 1.807) is 0 Å². The number of nitrogens with zero attached hydrogens (tertiary/aromatic N) is 2. The van der Waals surface area contributed by atoms with Crippen LogP contribution in [-0.4, -0.2) is 47.9 Å². The van der Waals surface area contributed by atoms with Gasteiger partial charge in [-0.15, -0.1) is 0 Å². The van der Waals surface area contributed by atoms with Crippen molar-refractivity contribution in [2.24, 2.45) is 0 Å². The predicted octanol–water partition coefficient (Wildman–Crippen LogP) is 1.13. The Kier molecular flexibility index (Phi) is 5.57. The molecule has 0 aliphatic carbocycles. The molecule has 95 valence electrons. The van der Waals surface area contributed by atoms with Crippen molar-refractivity contribution in [1.82, 2.24) is 9.97 Å². The Morgan fingerprint density at radius 1 is 1.11 bits per heavy atom. The Hall–Kier alpha value is -0.860. The summed E-state index contributed by atoms with van der Waals surface area (Å²) in [7, 11) is -3.69. The molecular weight excluding hydrogens is 299 g/mol. The van der Waals surface area contributed by atoms with Gasteiger partial charge in [-0.25, -0.2) is 18.4 Å². The van der Waals surface area contributed by atoms with E-state index in [1.165, 1.54) is 36.7 Å². The number of hydrogen-bond acceptors (Lipinski definition) is 5. The molecule has 9 heteroatoms. The molecule has 0 aliphatic rings. The first-order chi connectivity index (χ1) is 8.47. The number of nitrogens with two attached hydrogens (primary N) is 1. The molecule has 19 heavy (non-hydrogen) atoms.